The maximum absolute atomic E-state index is 15.1. The normalized spacial score (nSPS) is 13.7. The predicted octanol–water partition coefficient (Wildman–Crippen LogP) is 4.07. The number of likely N-dealkylation sites (N-methyl/N-ethyl adjacent to an activating group) is 1. The van der Waals surface area contributed by atoms with Crippen LogP contribution in [0, 0.1) is 11.2 Å². The summed E-state index contributed by atoms with van der Waals surface area (Å²) >= 11 is 5.99. The van der Waals surface area contributed by atoms with Crippen LogP contribution in [0.3, 0.4) is 0 Å². The Morgan fingerprint density at radius 1 is 0.935 bits per heavy atom. The van der Waals surface area contributed by atoms with Crippen molar-refractivity contribution in [1.82, 2.24) is 30.9 Å². The average Bonchev–Trinajstić information content (AvgIpc) is 3.78. The third kappa shape index (κ3) is 9.39. The molecular formula is C29H31ClF4N8O4. The number of ether oxygens (including phenoxy) is 1. The molecule has 1 fully saturated rings. The second kappa shape index (κ2) is 13.7. The molecule has 0 unspecified atom stereocenters. The van der Waals surface area contributed by atoms with E-state index in [-0.39, 0.29) is 36.2 Å². The molecule has 1 heterocycles. The Kier molecular flexibility index (Phi) is 10.2. The summed E-state index contributed by atoms with van der Waals surface area (Å²) in [4.78, 5) is 47.8. The van der Waals surface area contributed by atoms with Crippen molar-refractivity contribution in [2.45, 2.75) is 38.4 Å². The molecule has 0 bridgehead atoms. The lowest BCUT2D eigenvalue weighted by molar-refractivity contribution is -0.154. The molecule has 1 aliphatic carbocycles. The van der Waals surface area contributed by atoms with Crippen LogP contribution in [-0.4, -0.2) is 65.6 Å². The third-order valence-corrected chi connectivity index (χ3v) is 7.10. The molecule has 46 heavy (non-hydrogen) atoms. The molecule has 1 aromatic heterocycles. The van der Waals surface area contributed by atoms with Crippen molar-refractivity contribution in [3.05, 3.63) is 64.4 Å². The zero-order valence-electron chi connectivity index (χ0n) is 24.9. The highest BCUT2D eigenvalue weighted by Gasteiger charge is 2.45. The second-order valence-electron chi connectivity index (χ2n) is 11.3. The van der Waals surface area contributed by atoms with Gasteiger partial charge in [0.1, 0.15) is 5.82 Å². The van der Waals surface area contributed by atoms with Crippen molar-refractivity contribution < 1.29 is 36.7 Å². The molecule has 0 spiro atoms. The van der Waals surface area contributed by atoms with Gasteiger partial charge in [0.2, 0.25) is 11.9 Å². The van der Waals surface area contributed by atoms with Gasteiger partial charge in [0.25, 0.3) is 5.91 Å². The van der Waals surface area contributed by atoms with E-state index in [1.54, 1.807) is 26.0 Å². The minimum atomic E-state index is -4.66. The van der Waals surface area contributed by atoms with Crippen LogP contribution in [0.5, 0.6) is 6.01 Å². The van der Waals surface area contributed by atoms with E-state index in [1.165, 1.54) is 19.2 Å². The lowest BCUT2D eigenvalue weighted by Crippen LogP contribution is -2.45. The highest BCUT2D eigenvalue weighted by atomic mass is 35.5. The molecule has 1 saturated carbocycles. The van der Waals surface area contributed by atoms with Crippen LogP contribution in [0.4, 0.5) is 35.1 Å². The average molecular weight is 667 g/mol. The second-order valence-corrected chi connectivity index (χ2v) is 11.7. The van der Waals surface area contributed by atoms with Crippen LogP contribution in [0.1, 0.15) is 42.6 Å². The van der Waals surface area contributed by atoms with Gasteiger partial charge in [0, 0.05) is 30.7 Å². The van der Waals surface area contributed by atoms with Crippen LogP contribution in [-0.2, 0) is 15.1 Å². The van der Waals surface area contributed by atoms with Crippen molar-refractivity contribution in [2.75, 3.05) is 37.4 Å². The number of nitrogens with zero attached hydrogens (tertiary/aromatic N) is 3. The molecule has 0 aliphatic heterocycles. The summed E-state index contributed by atoms with van der Waals surface area (Å²) in [7, 11) is 1.32. The first-order valence-electron chi connectivity index (χ1n) is 13.9. The number of aromatic nitrogens is 3. The van der Waals surface area contributed by atoms with E-state index in [0.29, 0.717) is 17.9 Å². The lowest BCUT2D eigenvalue weighted by atomic mass is 9.93. The van der Waals surface area contributed by atoms with Gasteiger partial charge in [-0.3, -0.25) is 14.4 Å². The maximum atomic E-state index is 15.1. The molecule has 0 atom stereocenters. The van der Waals surface area contributed by atoms with Crippen molar-refractivity contribution in [3.63, 3.8) is 0 Å². The molecule has 2 aromatic carbocycles. The summed E-state index contributed by atoms with van der Waals surface area (Å²) in [5.41, 5.74) is -0.579. The summed E-state index contributed by atoms with van der Waals surface area (Å²) in [6, 6.07) is 9.91. The topological polar surface area (TPSA) is 159 Å². The largest absolute Gasteiger partial charge is 0.454 e. The fraction of sp³-hybridized carbons (Fsp3) is 0.379. The van der Waals surface area contributed by atoms with Crippen molar-refractivity contribution in [2.24, 2.45) is 5.41 Å². The van der Waals surface area contributed by atoms with E-state index in [9.17, 15) is 27.6 Å². The molecule has 3 aromatic rings. The van der Waals surface area contributed by atoms with E-state index in [4.69, 9.17) is 16.3 Å². The number of halogens is 5. The van der Waals surface area contributed by atoms with E-state index in [1.807, 2.05) is 12.1 Å². The third-order valence-electron chi connectivity index (χ3n) is 6.84. The molecular weight excluding hydrogens is 636 g/mol. The monoisotopic (exact) mass is 666 g/mol. The van der Waals surface area contributed by atoms with E-state index in [0.717, 1.165) is 11.6 Å². The minimum absolute atomic E-state index is 0.0286. The number of hydrogen-bond acceptors (Lipinski definition) is 9. The molecule has 0 radical (unpaired) electrons. The number of hydrogen-bond donors (Lipinski definition) is 5. The van der Waals surface area contributed by atoms with Gasteiger partial charge in [-0.15, -0.1) is 0 Å². The highest BCUT2D eigenvalue weighted by Crippen LogP contribution is 2.48. The number of carbonyl (C=O) groups excluding carboxylic acids is 3. The Morgan fingerprint density at radius 2 is 1.59 bits per heavy atom. The van der Waals surface area contributed by atoms with Gasteiger partial charge in [-0.1, -0.05) is 37.6 Å². The molecule has 4 rings (SSSR count). The van der Waals surface area contributed by atoms with Crippen molar-refractivity contribution in [3.8, 4) is 6.01 Å². The van der Waals surface area contributed by atoms with Gasteiger partial charge in [-0.2, -0.15) is 28.1 Å². The Bertz CT molecular complexity index is 1600. The summed E-state index contributed by atoms with van der Waals surface area (Å²) in [6.45, 7) is 2.00. The summed E-state index contributed by atoms with van der Waals surface area (Å²) in [6.07, 6.45) is -3.30. The first kappa shape index (κ1) is 34.1. The quantitative estimate of drug-likeness (QED) is 0.142. The Labute approximate surface area is 266 Å². The number of alkyl halides is 3. The molecule has 17 heteroatoms. The van der Waals surface area contributed by atoms with Crippen LogP contribution >= 0.6 is 11.6 Å². The Hall–Kier alpha value is -4.73. The molecule has 0 saturated heterocycles. The SMILES string of the molecule is CNC(=O)C(=O)NCC(C)(C)CNC(=O)c1ccc(Nc2nc(NC3(c4ccc(Cl)cc4)CC3)nc(OCC(F)(F)F)n2)c(F)c1. The molecule has 5 N–H and O–H groups in total. The van der Waals surface area contributed by atoms with Gasteiger partial charge in [0.15, 0.2) is 6.61 Å². The van der Waals surface area contributed by atoms with Crippen molar-refractivity contribution in [1.29, 1.82) is 0 Å². The summed E-state index contributed by atoms with van der Waals surface area (Å²) in [5.74, 6) is -3.52. The van der Waals surface area contributed by atoms with Gasteiger partial charge in [0.05, 0.1) is 11.2 Å². The predicted molar refractivity (Wildman–Crippen MR) is 160 cm³/mol. The van der Waals surface area contributed by atoms with E-state index in [2.05, 4.69) is 41.5 Å². The number of rotatable bonds is 12. The molecule has 1 aliphatic rings. The van der Waals surface area contributed by atoms with E-state index < -0.39 is 53.3 Å². The Morgan fingerprint density at radius 3 is 2.20 bits per heavy atom. The number of nitrogens with one attached hydrogen (secondary N) is 5. The molecule has 3 amide bonds. The van der Waals surface area contributed by atoms with Gasteiger partial charge in [-0.05, 0) is 54.2 Å². The fourth-order valence-corrected chi connectivity index (χ4v) is 4.27. The standard InChI is InChI=1S/C29H31ClF4N8O4/c1-27(2,14-37-23(45)22(44)35-3)13-36-21(43)16-4-9-20(19(31)12-16)38-24-39-25(41-26(40-24)46-15-29(32,33)34)42-28(10-11-28)17-5-7-18(30)8-6-17/h4-9,12H,10-11,13-15H2,1-3H3,(H,35,44)(H,36,43)(H,37,45)(H2,38,39,40,41,42). The van der Waals surface area contributed by atoms with Crippen LogP contribution < -0.4 is 31.3 Å². The number of carbonyl (C=O) groups is 3. The lowest BCUT2D eigenvalue weighted by Gasteiger charge is -2.25. The zero-order valence-corrected chi connectivity index (χ0v) is 25.7. The van der Waals surface area contributed by atoms with Crippen LogP contribution in [0.15, 0.2) is 42.5 Å². The highest BCUT2D eigenvalue weighted by molar-refractivity contribution is 6.35. The van der Waals surface area contributed by atoms with Gasteiger partial charge < -0.3 is 31.3 Å². The van der Waals surface area contributed by atoms with Crippen molar-refractivity contribution >= 4 is 46.9 Å². The zero-order chi connectivity index (χ0) is 33.7. The smallest absolute Gasteiger partial charge is 0.422 e. The fourth-order valence-electron chi connectivity index (χ4n) is 4.15. The number of amides is 3. The van der Waals surface area contributed by atoms with Crippen LogP contribution in [0.2, 0.25) is 5.02 Å². The number of benzene rings is 2. The maximum Gasteiger partial charge on any atom is 0.422 e. The minimum Gasteiger partial charge on any atom is -0.454 e. The first-order chi connectivity index (χ1) is 21.6. The van der Waals surface area contributed by atoms with E-state index >= 15 is 4.39 Å². The summed E-state index contributed by atoms with van der Waals surface area (Å²) in [5, 5.41) is 13.6. The summed E-state index contributed by atoms with van der Waals surface area (Å²) < 4.78 is 58.5. The van der Waals surface area contributed by atoms with Gasteiger partial charge >= 0.3 is 24.0 Å². The number of anilines is 3. The first-order valence-corrected chi connectivity index (χ1v) is 14.3. The van der Waals surface area contributed by atoms with Gasteiger partial charge in [-0.25, -0.2) is 4.39 Å². The van der Waals surface area contributed by atoms with Crippen LogP contribution in [0.25, 0.3) is 0 Å². The molecule has 12 nitrogen and oxygen atoms in total. The molecule has 246 valence electrons. The Balaban J connectivity index is 1.46.